The minimum Gasteiger partial charge on any atom is -0.229 e. The van der Waals surface area contributed by atoms with E-state index in [0.29, 0.717) is 11.7 Å². The Morgan fingerprint density at radius 2 is 1.67 bits per heavy atom. The number of hydrogen-bond acceptors (Lipinski definition) is 2. The van der Waals surface area contributed by atoms with Crippen molar-refractivity contribution in [2.45, 2.75) is 65.0 Å². The van der Waals surface area contributed by atoms with Crippen molar-refractivity contribution < 1.29 is 8.42 Å². The van der Waals surface area contributed by atoms with Crippen LogP contribution < -0.4 is 0 Å². The van der Waals surface area contributed by atoms with E-state index in [-0.39, 0.29) is 5.25 Å². The fraction of sp³-hybridized carbons (Fsp3) is 1.00. The molecular weight excluding hydrogens is 208 g/mol. The third-order valence-corrected chi connectivity index (χ3v) is 5.58. The third kappa shape index (κ3) is 5.01. The zero-order valence-corrected chi connectivity index (χ0v) is 11.4. The summed E-state index contributed by atoms with van der Waals surface area (Å²) in [6.45, 7) is 8.23. The van der Waals surface area contributed by atoms with Crippen molar-refractivity contribution in [1.29, 1.82) is 0 Å². The highest BCUT2D eigenvalue weighted by Gasteiger charge is 2.28. The molecule has 0 N–H and O–H groups in total. The predicted molar refractivity (Wildman–Crippen MR) is 66.8 cm³/mol. The predicted octanol–water partition coefficient (Wildman–Crippen LogP) is 3.42. The van der Waals surface area contributed by atoms with Crippen molar-refractivity contribution >= 4 is 9.84 Å². The Balaban J connectivity index is 4.58. The Labute approximate surface area is 95.4 Å². The standard InChI is InChI=1S/C12H26O2S/c1-5-8-10-15(13,14)12(9-6-2)11(4)7-3/h11-12H,5-10H2,1-4H3. The third-order valence-electron chi connectivity index (χ3n) is 3.10. The van der Waals surface area contributed by atoms with Crippen LogP contribution in [0.4, 0.5) is 0 Å². The zero-order chi connectivity index (χ0) is 11.9. The number of sulfone groups is 1. The van der Waals surface area contributed by atoms with Gasteiger partial charge in [0.05, 0.1) is 11.0 Å². The average Bonchev–Trinajstić information content (AvgIpc) is 2.21. The summed E-state index contributed by atoms with van der Waals surface area (Å²) in [5, 5.41) is -0.112. The quantitative estimate of drug-likeness (QED) is 0.645. The van der Waals surface area contributed by atoms with E-state index in [0.717, 1.165) is 32.1 Å². The van der Waals surface area contributed by atoms with Crippen molar-refractivity contribution in [1.82, 2.24) is 0 Å². The van der Waals surface area contributed by atoms with Gasteiger partial charge in [-0.15, -0.1) is 0 Å². The first-order valence-corrected chi connectivity index (χ1v) is 7.92. The topological polar surface area (TPSA) is 34.1 Å². The molecule has 0 aromatic rings. The Morgan fingerprint density at radius 1 is 1.07 bits per heavy atom. The fourth-order valence-corrected chi connectivity index (χ4v) is 4.35. The number of rotatable bonds is 8. The summed E-state index contributed by atoms with van der Waals surface area (Å²) in [6, 6.07) is 0. The summed E-state index contributed by atoms with van der Waals surface area (Å²) in [7, 11) is -2.86. The van der Waals surface area contributed by atoms with Gasteiger partial charge in [-0.05, 0) is 18.8 Å². The molecule has 0 saturated carbocycles. The van der Waals surface area contributed by atoms with Crippen molar-refractivity contribution in [3.05, 3.63) is 0 Å². The molecule has 0 spiro atoms. The van der Waals surface area contributed by atoms with E-state index in [4.69, 9.17) is 0 Å². The van der Waals surface area contributed by atoms with Gasteiger partial charge >= 0.3 is 0 Å². The van der Waals surface area contributed by atoms with Crippen molar-refractivity contribution in [3.63, 3.8) is 0 Å². The fourth-order valence-electron chi connectivity index (χ4n) is 1.86. The second kappa shape index (κ2) is 7.26. The maximum Gasteiger partial charge on any atom is 0.153 e. The molecule has 0 aliphatic carbocycles. The van der Waals surface area contributed by atoms with E-state index in [1.807, 2.05) is 6.92 Å². The van der Waals surface area contributed by atoms with Crippen molar-refractivity contribution in [2.75, 3.05) is 5.75 Å². The van der Waals surface area contributed by atoms with Gasteiger partial charge < -0.3 is 0 Å². The van der Waals surface area contributed by atoms with E-state index in [1.165, 1.54) is 0 Å². The second-order valence-electron chi connectivity index (χ2n) is 4.43. The summed E-state index contributed by atoms with van der Waals surface area (Å²) in [5.74, 6) is 0.671. The van der Waals surface area contributed by atoms with E-state index in [9.17, 15) is 8.42 Å². The van der Waals surface area contributed by atoms with Crippen molar-refractivity contribution in [2.24, 2.45) is 5.92 Å². The maximum absolute atomic E-state index is 12.1. The van der Waals surface area contributed by atoms with E-state index in [2.05, 4.69) is 20.8 Å². The Bertz CT molecular complexity index is 244. The molecule has 0 saturated heterocycles. The van der Waals surface area contributed by atoms with E-state index in [1.54, 1.807) is 0 Å². The van der Waals surface area contributed by atoms with Crippen LogP contribution in [0.25, 0.3) is 0 Å². The lowest BCUT2D eigenvalue weighted by Crippen LogP contribution is -2.30. The van der Waals surface area contributed by atoms with E-state index < -0.39 is 9.84 Å². The van der Waals surface area contributed by atoms with Crippen LogP contribution >= 0.6 is 0 Å². The van der Waals surface area contributed by atoms with Gasteiger partial charge in [-0.3, -0.25) is 0 Å². The smallest absolute Gasteiger partial charge is 0.153 e. The lowest BCUT2D eigenvalue weighted by Gasteiger charge is -2.22. The summed E-state index contributed by atoms with van der Waals surface area (Å²) < 4.78 is 24.2. The van der Waals surface area contributed by atoms with Crippen LogP contribution in [0.2, 0.25) is 0 Å². The average molecular weight is 234 g/mol. The zero-order valence-electron chi connectivity index (χ0n) is 10.6. The van der Waals surface area contributed by atoms with Gasteiger partial charge in [-0.2, -0.15) is 0 Å². The molecule has 0 radical (unpaired) electrons. The summed E-state index contributed by atoms with van der Waals surface area (Å²) in [6.07, 6.45) is 4.50. The Hall–Kier alpha value is -0.0500. The monoisotopic (exact) mass is 234 g/mol. The molecular formula is C12H26O2S. The Morgan fingerprint density at radius 3 is 2.07 bits per heavy atom. The maximum atomic E-state index is 12.1. The molecule has 0 aromatic carbocycles. The second-order valence-corrected chi connectivity index (χ2v) is 6.77. The molecule has 0 rings (SSSR count). The first-order chi connectivity index (χ1) is 6.99. The van der Waals surface area contributed by atoms with Crippen LogP contribution in [-0.4, -0.2) is 19.4 Å². The number of hydrogen-bond donors (Lipinski definition) is 0. The van der Waals surface area contributed by atoms with Gasteiger partial charge in [-0.1, -0.05) is 47.0 Å². The lowest BCUT2D eigenvalue weighted by atomic mass is 10.0. The molecule has 0 aliphatic heterocycles. The first-order valence-electron chi connectivity index (χ1n) is 6.21. The molecule has 2 atom stereocenters. The molecule has 15 heavy (non-hydrogen) atoms. The molecule has 2 unspecified atom stereocenters. The van der Waals surface area contributed by atoms with Crippen LogP contribution in [0.1, 0.15) is 59.8 Å². The first kappa shape index (κ1) is 14.9. The highest BCUT2D eigenvalue weighted by atomic mass is 32.2. The lowest BCUT2D eigenvalue weighted by molar-refractivity contribution is 0.469. The molecule has 0 amide bonds. The van der Waals surface area contributed by atoms with Crippen LogP contribution in [0.15, 0.2) is 0 Å². The van der Waals surface area contributed by atoms with Gasteiger partial charge in [0.1, 0.15) is 0 Å². The Kier molecular flexibility index (Phi) is 7.24. The molecule has 92 valence electrons. The summed E-state index contributed by atoms with van der Waals surface area (Å²) in [5.41, 5.74) is 0. The van der Waals surface area contributed by atoms with Crippen LogP contribution in [0, 0.1) is 5.92 Å². The minimum absolute atomic E-state index is 0.112. The normalized spacial score (nSPS) is 16.3. The van der Waals surface area contributed by atoms with Gasteiger partial charge in [0.2, 0.25) is 0 Å². The number of unbranched alkanes of at least 4 members (excludes halogenated alkanes) is 1. The molecule has 0 aromatic heterocycles. The minimum atomic E-state index is -2.86. The molecule has 0 heterocycles. The highest BCUT2D eigenvalue weighted by Crippen LogP contribution is 2.22. The van der Waals surface area contributed by atoms with Crippen LogP contribution in [0.3, 0.4) is 0 Å². The van der Waals surface area contributed by atoms with Gasteiger partial charge in [0, 0.05) is 0 Å². The molecule has 2 nitrogen and oxygen atoms in total. The molecule has 0 bridgehead atoms. The summed E-state index contributed by atoms with van der Waals surface area (Å²) >= 11 is 0. The van der Waals surface area contributed by atoms with Crippen LogP contribution in [0.5, 0.6) is 0 Å². The SMILES string of the molecule is CCCCS(=O)(=O)C(CCC)C(C)CC. The largest absolute Gasteiger partial charge is 0.229 e. The highest BCUT2D eigenvalue weighted by molar-refractivity contribution is 7.92. The summed E-state index contributed by atoms with van der Waals surface area (Å²) in [4.78, 5) is 0. The molecule has 0 fully saturated rings. The van der Waals surface area contributed by atoms with E-state index >= 15 is 0 Å². The molecule has 0 aliphatic rings. The van der Waals surface area contributed by atoms with Gasteiger partial charge in [0.25, 0.3) is 0 Å². The molecule has 3 heteroatoms. The van der Waals surface area contributed by atoms with Gasteiger partial charge in [0.15, 0.2) is 9.84 Å². The van der Waals surface area contributed by atoms with Crippen LogP contribution in [-0.2, 0) is 9.84 Å². The van der Waals surface area contributed by atoms with Crippen molar-refractivity contribution in [3.8, 4) is 0 Å². The van der Waals surface area contributed by atoms with Gasteiger partial charge in [-0.25, -0.2) is 8.42 Å².